The van der Waals surface area contributed by atoms with Crippen molar-refractivity contribution in [2.75, 3.05) is 11.9 Å². The van der Waals surface area contributed by atoms with Gasteiger partial charge in [0.1, 0.15) is 11.6 Å². The molecule has 2 N–H and O–H groups in total. The van der Waals surface area contributed by atoms with Crippen molar-refractivity contribution in [3.63, 3.8) is 0 Å². The van der Waals surface area contributed by atoms with Crippen LogP contribution in [0, 0.1) is 6.92 Å². The second-order valence-electron chi connectivity index (χ2n) is 7.05. The van der Waals surface area contributed by atoms with Gasteiger partial charge in [-0.25, -0.2) is 4.98 Å². The molecule has 0 unspecified atom stereocenters. The molecule has 0 saturated heterocycles. The summed E-state index contributed by atoms with van der Waals surface area (Å²) in [4.78, 5) is 20.5. The number of hydrogen-bond acceptors (Lipinski definition) is 5. The third-order valence-corrected chi connectivity index (χ3v) is 5.31. The summed E-state index contributed by atoms with van der Waals surface area (Å²) in [5, 5.41) is 7.21. The first-order valence-electron chi connectivity index (χ1n) is 8.22. The van der Waals surface area contributed by atoms with E-state index in [2.05, 4.69) is 20.6 Å². The van der Waals surface area contributed by atoms with E-state index in [-0.39, 0.29) is 23.6 Å². The van der Waals surface area contributed by atoms with Gasteiger partial charge in [-0.15, -0.1) is 0 Å². The van der Waals surface area contributed by atoms with Gasteiger partial charge in [0.15, 0.2) is 6.61 Å². The molecule has 3 saturated carbocycles. The van der Waals surface area contributed by atoms with E-state index in [1.165, 1.54) is 0 Å². The van der Waals surface area contributed by atoms with Gasteiger partial charge in [0.25, 0.3) is 5.91 Å². The molecule has 0 spiro atoms. The highest BCUT2D eigenvalue weighted by Gasteiger charge is 2.68. The zero-order valence-corrected chi connectivity index (χ0v) is 14.6. The van der Waals surface area contributed by atoms with Crippen LogP contribution in [0.4, 0.5) is 5.82 Å². The van der Waals surface area contributed by atoms with Crippen LogP contribution < -0.4 is 15.4 Å². The van der Waals surface area contributed by atoms with Crippen LogP contribution in [0.2, 0.25) is 5.02 Å². The Morgan fingerprint density at radius 1 is 1.28 bits per heavy atom. The minimum atomic E-state index is -0.0968. The van der Waals surface area contributed by atoms with Gasteiger partial charge in [0, 0.05) is 28.5 Å². The van der Waals surface area contributed by atoms with Crippen molar-refractivity contribution >= 4 is 23.3 Å². The average Bonchev–Trinajstić information content (AvgIpc) is 2.54. The van der Waals surface area contributed by atoms with Crippen molar-refractivity contribution < 1.29 is 9.53 Å². The average molecular weight is 359 g/mol. The van der Waals surface area contributed by atoms with Crippen molar-refractivity contribution in [2.24, 2.45) is 0 Å². The van der Waals surface area contributed by atoms with E-state index in [0.717, 1.165) is 30.6 Å². The Bertz CT molecular complexity index is 792. The van der Waals surface area contributed by atoms with E-state index in [1.54, 1.807) is 30.7 Å². The molecule has 5 rings (SSSR count). The van der Waals surface area contributed by atoms with Crippen LogP contribution in [0.1, 0.15) is 24.8 Å². The summed E-state index contributed by atoms with van der Waals surface area (Å²) in [6.45, 7) is 1.91. The van der Waals surface area contributed by atoms with Crippen molar-refractivity contribution in [2.45, 2.75) is 37.3 Å². The van der Waals surface area contributed by atoms with Gasteiger partial charge in [-0.1, -0.05) is 11.6 Å². The summed E-state index contributed by atoms with van der Waals surface area (Å²) >= 11 is 5.98. The molecule has 7 heteroatoms. The standard InChI is InChI=1S/C18H19ClN4O2/c1-12-6-13(2-3-14(12)19)25-8-16(24)23-18-9-17(10-18,11-18)22-15-7-20-4-5-21-15/h2-7H,8-11H2,1H3,(H,21,22)(H,23,24). The quantitative estimate of drug-likeness (QED) is 0.830. The first-order chi connectivity index (χ1) is 12.0. The molecule has 0 aliphatic heterocycles. The van der Waals surface area contributed by atoms with Crippen LogP contribution in [0.5, 0.6) is 5.75 Å². The predicted octanol–water partition coefficient (Wildman–Crippen LogP) is 2.72. The normalized spacial score (nSPS) is 26.2. The van der Waals surface area contributed by atoms with Crippen LogP contribution >= 0.6 is 11.6 Å². The van der Waals surface area contributed by atoms with Gasteiger partial charge in [-0.05, 0) is 49.9 Å². The summed E-state index contributed by atoms with van der Waals surface area (Å²) < 4.78 is 5.55. The maximum atomic E-state index is 12.2. The Kier molecular flexibility index (Phi) is 3.80. The highest BCUT2D eigenvalue weighted by Crippen LogP contribution is 2.61. The molecule has 130 valence electrons. The third-order valence-electron chi connectivity index (χ3n) is 4.89. The largest absolute Gasteiger partial charge is 0.484 e. The lowest BCUT2D eigenvalue weighted by Crippen LogP contribution is -2.81. The smallest absolute Gasteiger partial charge is 0.258 e. The van der Waals surface area contributed by atoms with Gasteiger partial charge >= 0.3 is 0 Å². The van der Waals surface area contributed by atoms with E-state index in [0.29, 0.717) is 10.8 Å². The third kappa shape index (κ3) is 3.14. The van der Waals surface area contributed by atoms with Crippen molar-refractivity contribution in [1.29, 1.82) is 0 Å². The fourth-order valence-electron chi connectivity index (χ4n) is 3.88. The Morgan fingerprint density at radius 2 is 2.08 bits per heavy atom. The summed E-state index contributed by atoms with van der Waals surface area (Å²) in [6, 6.07) is 5.37. The maximum absolute atomic E-state index is 12.2. The Labute approximate surface area is 151 Å². The van der Waals surface area contributed by atoms with E-state index in [4.69, 9.17) is 16.3 Å². The number of benzene rings is 1. The van der Waals surface area contributed by atoms with E-state index < -0.39 is 0 Å². The number of ether oxygens (including phenoxy) is 1. The number of carbonyl (C=O) groups excluding carboxylic acids is 1. The molecule has 2 aromatic rings. The molecular weight excluding hydrogens is 340 g/mol. The molecule has 1 aromatic carbocycles. The zero-order chi connectivity index (χ0) is 17.5. The predicted molar refractivity (Wildman–Crippen MR) is 94.8 cm³/mol. The number of anilines is 1. The number of nitrogens with zero attached hydrogens (tertiary/aromatic N) is 2. The van der Waals surface area contributed by atoms with Gasteiger partial charge in [-0.3, -0.25) is 9.78 Å². The van der Waals surface area contributed by atoms with Crippen LogP contribution in [0.3, 0.4) is 0 Å². The number of aryl methyl sites for hydroxylation is 1. The molecule has 6 nitrogen and oxygen atoms in total. The monoisotopic (exact) mass is 358 g/mol. The van der Waals surface area contributed by atoms with Crippen molar-refractivity contribution in [3.8, 4) is 5.75 Å². The Hall–Kier alpha value is -2.34. The van der Waals surface area contributed by atoms with E-state index in [1.807, 2.05) is 13.0 Å². The number of rotatable bonds is 6. The first kappa shape index (κ1) is 16.1. The van der Waals surface area contributed by atoms with Crippen LogP contribution in [-0.2, 0) is 4.79 Å². The van der Waals surface area contributed by atoms with Crippen molar-refractivity contribution in [1.82, 2.24) is 15.3 Å². The summed E-state index contributed by atoms with van der Waals surface area (Å²) in [7, 11) is 0. The lowest BCUT2D eigenvalue weighted by molar-refractivity contribution is -0.135. The number of aromatic nitrogens is 2. The zero-order valence-electron chi connectivity index (χ0n) is 13.9. The molecule has 3 aliphatic rings. The molecule has 1 heterocycles. The second kappa shape index (κ2) is 5.88. The van der Waals surface area contributed by atoms with Crippen LogP contribution in [0.15, 0.2) is 36.8 Å². The number of nitrogens with one attached hydrogen (secondary N) is 2. The summed E-state index contributed by atoms with van der Waals surface area (Å²) in [5.41, 5.74) is 0.888. The Morgan fingerprint density at radius 3 is 2.76 bits per heavy atom. The van der Waals surface area contributed by atoms with Gasteiger partial charge in [0.05, 0.1) is 6.20 Å². The van der Waals surface area contributed by atoms with Gasteiger partial charge < -0.3 is 15.4 Å². The lowest BCUT2D eigenvalue weighted by atomic mass is 9.44. The molecule has 0 radical (unpaired) electrons. The summed E-state index contributed by atoms with van der Waals surface area (Å²) in [6.07, 6.45) is 7.75. The molecule has 0 atom stereocenters. The maximum Gasteiger partial charge on any atom is 0.258 e. The topological polar surface area (TPSA) is 76.1 Å². The van der Waals surface area contributed by atoms with Crippen LogP contribution in [0.25, 0.3) is 0 Å². The van der Waals surface area contributed by atoms with Gasteiger partial charge in [-0.2, -0.15) is 0 Å². The van der Waals surface area contributed by atoms with Gasteiger partial charge in [0.2, 0.25) is 0 Å². The second-order valence-corrected chi connectivity index (χ2v) is 7.46. The molecule has 3 fully saturated rings. The Balaban J connectivity index is 1.24. The minimum absolute atomic E-state index is 0.00735. The van der Waals surface area contributed by atoms with Crippen molar-refractivity contribution in [3.05, 3.63) is 47.4 Å². The highest BCUT2D eigenvalue weighted by molar-refractivity contribution is 6.31. The molecular formula is C18H19ClN4O2. The van der Waals surface area contributed by atoms with E-state index in [9.17, 15) is 4.79 Å². The van der Waals surface area contributed by atoms with E-state index >= 15 is 0 Å². The first-order valence-corrected chi connectivity index (χ1v) is 8.60. The fraction of sp³-hybridized carbons (Fsp3) is 0.389. The molecule has 2 bridgehead atoms. The number of halogens is 1. The number of hydrogen-bond donors (Lipinski definition) is 2. The lowest BCUT2D eigenvalue weighted by Gasteiger charge is -2.70. The number of carbonyl (C=O) groups is 1. The van der Waals surface area contributed by atoms with Crippen LogP contribution in [-0.4, -0.2) is 33.6 Å². The highest BCUT2D eigenvalue weighted by atomic mass is 35.5. The molecule has 25 heavy (non-hydrogen) atoms. The minimum Gasteiger partial charge on any atom is -0.484 e. The number of amides is 1. The molecule has 1 aromatic heterocycles. The molecule has 1 amide bonds. The molecule has 3 aliphatic carbocycles. The summed E-state index contributed by atoms with van der Waals surface area (Å²) in [5.74, 6) is 1.33. The SMILES string of the molecule is Cc1cc(OCC(=O)NC23CC(Nc4cnccn4)(C2)C3)ccc1Cl. The fourth-order valence-corrected chi connectivity index (χ4v) is 3.99.